The number of ether oxygens (including phenoxy) is 4. The number of aryl methyl sites for hydroxylation is 1. The minimum Gasteiger partial charge on any atom is -0.475 e. The molecule has 0 amide bonds. The van der Waals surface area contributed by atoms with Crippen LogP contribution in [0.1, 0.15) is 36.8 Å². The minimum absolute atomic E-state index is 0.131. The van der Waals surface area contributed by atoms with Crippen molar-refractivity contribution in [3.63, 3.8) is 0 Å². The molecule has 1 saturated carbocycles. The topological polar surface area (TPSA) is 71.8 Å². The Labute approximate surface area is 175 Å². The van der Waals surface area contributed by atoms with Crippen molar-refractivity contribution in [3.8, 4) is 17.1 Å². The molecule has 0 unspecified atom stereocenters. The van der Waals surface area contributed by atoms with Crippen LogP contribution in [-0.2, 0) is 33.8 Å². The molecule has 3 heterocycles. The normalized spacial score (nSPS) is 21.3. The molecular formula is C23H28N2O5. The van der Waals surface area contributed by atoms with Gasteiger partial charge in [0.05, 0.1) is 38.2 Å². The van der Waals surface area contributed by atoms with E-state index in [1.807, 2.05) is 6.07 Å². The molecule has 3 aliphatic rings. The lowest BCUT2D eigenvalue weighted by Gasteiger charge is -2.24. The lowest BCUT2D eigenvalue weighted by Crippen LogP contribution is -2.34. The van der Waals surface area contributed by atoms with Crippen LogP contribution in [-0.4, -0.2) is 48.2 Å². The third-order valence-electron chi connectivity index (χ3n) is 6.13. The monoisotopic (exact) mass is 412 g/mol. The lowest BCUT2D eigenvalue weighted by molar-refractivity contribution is -0.102. The van der Waals surface area contributed by atoms with Crippen molar-refractivity contribution in [2.24, 2.45) is 0 Å². The van der Waals surface area contributed by atoms with E-state index in [-0.39, 0.29) is 11.8 Å². The highest BCUT2D eigenvalue weighted by atomic mass is 16.6. The van der Waals surface area contributed by atoms with Crippen LogP contribution in [0, 0.1) is 0 Å². The second-order valence-corrected chi connectivity index (χ2v) is 8.25. The molecule has 0 spiro atoms. The van der Waals surface area contributed by atoms with Gasteiger partial charge in [-0.1, -0.05) is 31.0 Å². The Kier molecular flexibility index (Phi) is 5.84. The first-order valence-electron chi connectivity index (χ1n) is 10.9. The number of rotatable bonds is 6. The van der Waals surface area contributed by atoms with Gasteiger partial charge in [-0.05, 0) is 30.4 Å². The van der Waals surface area contributed by atoms with Gasteiger partial charge < -0.3 is 18.9 Å². The maximum atomic E-state index is 12.6. The van der Waals surface area contributed by atoms with Crippen LogP contribution in [0.25, 0.3) is 11.3 Å². The van der Waals surface area contributed by atoms with E-state index < -0.39 is 0 Å². The lowest BCUT2D eigenvalue weighted by atomic mass is 9.96. The third-order valence-corrected chi connectivity index (χ3v) is 6.13. The van der Waals surface area contributed by atoms with Crippen molar-refractivity contribution >= 4 is 0 Å². The summed E-state index contributed by atoms with van der Waals surface area (Å²) in [6, 6.07) is 8.27. The Balaban J connectivity index is 1.33. The van der Waals surface area contributed by atoms with Gasteiger partial charge in [0.1, 0.15) is 12.7 Å². The number of benzene rings is 1. The molecule has 160 valence electrons. The summed E-state index contributed by atoms with van der Waals surface area (Å²) in [6.45, 7) is 3.27. The molecule has 1 saturated heterocycles. The Morgan fingerprint density at radius 2 is 2.07 bits per heavy atom. The molecule has 1 atom stereocenters. The standard InChI is InChI=1S/C23H28N2O5/c26-23-24-22(30-15-19-14-27-9-10-28-19)12-21-20-6-5-16(11-17(20)7-8-25(21)23)13-29-18-3-1-2-4-18/h5-6,11-12,18-19H,1-4,7-10,13-15H2/t19-/m1/s1. The van der Waals surface area contributed by atoms with E-state index in [2.05, 4.69) is 23.2 Å². The summed E-state index contributed by atoms with van der Waals surface area (Å²) in [5.41, 5.74) is 4.07. The summed E-state index contributed by atoms with van der Waals surface area (Å²) >= 11 is 0. The van der Waals surface area contributed by atoms with Crippen molar-refractivity contribution in [3.05, 3.63) is 45.9 Å². The summed E-state index contributed by atoms with van der Waals surface area (Å²) in [7, 11) is 0. The Bertz CT molecular complexity index is 945. The van der Waals surface area contributed by atoms with Crippen LogP contribution < -0.4 is 10.4 Å². The van der Waals surface area contributed by atoms with E-state index in [0.717, 1.165) is 17.7 Å². The van der Waals surface area contributed by atoms with Crippen LogP contribution in [0.3, 0.4) is 0 Å². The molecule has 7 nitrogen and oxygen atoms in total. The first-order valence-corrected chi connectivity index (χ1v) is 10.9. The maximum absolute atomic E-state index is 12.6. The summed E-state index contributed by atoms with van der Waals surface area (Å²) < 4.78 is 24.6. The Hall–Kier alpha value is -2.22. The summed E-state index contributed by atoms with van der Waals surface area (Å²) in [5.74, 6) is 0.335. The highest BCUT2D eigenvalue weighted by molar-refractivity contribution is 5.67. The quantitative estimate of drug-likeness (QED) is 0.727. The molecule has 0 radical (unpaired) electrons. The second-order valence-electron chi connectivity index (χ2n) is 8.25. The van der Waals surface area contributed by atoms with Crippen LogP contribution in [0.4, 0.5) is 0 Å². The van der Waals surface area contributed by atoms with Crippen molar-refractivity contribution in [1.82, 2.24) is 9.55 Å². The molecule has 7 heteroatoms. The third kappa shape index (κ3) is 4.29. The largest absolute Gasteiger partial charge is 0.475 e. The molecule has 1 aromatic carbocycles. The first-order chi connectivity index (χ1) is 14.8. The molecule has 0 N–H and O–H groups in total. The zero-order chi connectivity index (χ0) is 20.3. The van der Waals surface area contributed by atoms with Gasteiger partial charge in [0, 0.05) is 18.2 Å². The fourth-order valence-electron chi connectivity index (χ4n) is 4.50. The number of hydrogen-bond donors (Lipinski definition) is 0. The summed E-state index contributed by atoms with van der Waals surface area (Å²) in [5, 5.41) is 0. The molecule has 30 heavy (non-hydrogen) atoms. The van der Waals surface area contributed by atoms with Crippen molar-refractivity contribution in [2.75, 3.05) is 26.4 Å². The van der Waals surface area contributed by atoms with E-state index in [4.69, 9.17) is 18.9 Å². The fourth-order valence-corrected chi connectivity index (χ4v) is 4.50. The van der Waals surface area contributed by atoms with E-state index in [1.54, 1.807) is 4.57 Å². The second kappa shape index (κ2) is 8.88. The van der Waals surface area contributed by atoms with E-state index >= 15 is 0 Å². The number of nitrogens with zero attached hydrogens (tertiary/aromatic N) is 2. The van der Waals surface area contributed by atoms with Crippen molar-refractivity contribution in [2.45, 2.75) is 57.5 Å². The van der Waals surface area contributed by atoms with Gasteiger partial charge in [0.15, 0.2) is 0 Å². The number of fused-ring (bicyclic) bond motifs is 3. The van der Waals surface area contributed by atoms with Gasteiger partial charge in [-0.25, -0.2) is 4.79 Å². The van der Waals surface area contributed by atoms with Crippen LogP contribution in [0.2, 0.25) is 0 Å². The average molecular weight is 412 g/mol. The van der Waals surface area contributed by atoms with Crippen molar-refractivity contribution in [1.29, 1.82) is 0 Å². The SMILES string of the molecule is O=c1nc(OC[C@H]2COCCO2)cc2n1CCc1cc(COC3CCCC3)ccc1-2. The molecule has 2 aromatic rings. The van der Waals surface area contributed by atoms with E-state index in [0.29, 0.717) is 51.6 Å². The van der Waals surface area contributed by atoms with Gasteiger partial charge in [-0.3, -0.25) is 4.57 Å². The summed E-state index contributed by atoms with van der Waals surface area (Å²) in [4.78, 5) is 16.7. The van der Waals surface area contributed by atoms with Gasteiger partial charge in [0.2, 0.25) is 5.88 Å². The zero-order valence-corrected chi connectivity index (χ0v) is 17.2. The predicted molar refractivity (Wildman–Crippen MR) is 111 cm³/mol. The smallest absolute Gasteiger partial charge is 0.351 e. The summed E-state index contributed by atoms with van der Waals surface area (Å²) in [6.07, 6.45) is 5.99. The zero-order valence-electron chi connectivity index (χ0n) is 17.2. The fraction of sp³-hybridized carbons (Fsp3) is 0.565. The van der Waals surface area contributed by atoms with E-state index in [1.165, 1.54) is 36.8 Å². The number of aromatic nitrogens is 2. The van der Waals surface area contributed by atoms with Crippen molar-refractivity contribution < 1.29 is 18.9 Å². The average Bonchev–Trinajstić information content (AvgIpc) is 3.30. The van der Waals surface area contributed by atoms with Gasteiger partial charge in [-0.15, -0.1) is 0 Å². The Morgan fingerprint density at radius 1 is 1.17 bits per heavy atom. The van der Waals surface area contributed by atoms with Gasteiger partial charge in [-0.2, -0.15) is 4.98 Å². The Morgan fingerprint density at radius 3 is 2.90 bits per heavy atom. The van der Waals surface area contributed by atoms with Gasteiger partial charge in [0.25, 0.3) is 0 Å². The maximum Gasteiger partial charge on any atom is 0.351 e. The molecule has 1 aliphatic carbocycles. The molecule has 1 aromatic heterocycles. The van der Waals surface area contributed by atoms with Crippen LogP contribution >= 0.6 is 0 Å². The molecular weight excluding hydrogens is 384 g/mol. The molecule has 2 aliphatic heterocycles. The predicted octanol–water partition coefficient (Wildman–Crippen LogP) is 2.72. The van der Waals surface area contributed by atoms with Crippen LogP contribution in [0.5, 0.6) is 5.88 Å². The van der Waals surface area contributed by atoms with Crippen LogP contribution in [0.15, 0.2) is 29.1 Å². The minimum atomic E-state index is -0.275. The molecule has 2 fully saturated rings. The highest BCUT2D eigenvalue weighted by Crippen LogP contribution is 2.31. The first kappa shape index (κ1) is 19.7. The van der Waals surface area contributed by atoms with Gasteiger partial charge >= 0.3 is 5.69 Å². The molecule has 0 bridgehead atoms. The van der Waals surface area contributed by atoms with E-state index in [9.17, 15) is 4.79 Å². The highest BCUT2D eigenvalue weighted by Gasteiger charge is 2.21. The molecule has 5 rings (SSSR count). The number of hydrogen-bond acceptors (Lipinski definition) is 6.